The van der Waals surface area contributed by atoms with Crippen LogP contribution in [0.2, 0.25) is 0 Å². The molecule has 0 heteroatoms. The second kappa shape index (κ2) is 9.90. The average Bonchev–Trinajstić information content (AvgIpc) is 2.51. The third kappa shape index (κ3) is 6.33. The highest BCUT2D eigenvalue weighted by Crippen LogP contribution is 2.40. The topological polar surface area (TPSA) is 0 Å². The molecule has 2 aliphatic rings. The van der Waals surface area contributed by atoms with Crippen molar-refractivity contribution in [3.05, 3.63) is 0 Å². The normalized spacial score (nSPS) is 34.0. The third-order valence-corrected chi connectivity index (χ3v) is 6.51. The van der Waals surface area contributed by atoms with E-state index in [1.807, 2.05) is 0 Å². The molecule has 0 spiro atoms. The fourth-order valence-electron chi connectivity index (χ4n) is 5.07. The first-order chi connectivity index (χ1) is 10.3. The molecule has 0 N–H and O–H groups in total. The number of hydrogen-bond donors (Lipinski definition) is 0. The van der Waals surface area contributed by atoms with E-state index in [1.54, 1.807) is 57.8 Å². The molecule has 0 amide bonds. The predicted molar refractivity (Wildman–Crippen MR) is 94.6 cm³/mol. The third-order valence-electron chi connectivity index (χ3n) is 6.51. The van der Waals surface area contributed by atoms with Crippen LogP contribution in [0, 0.1) is 23.7 Å². The Bertz CT molecular complexity index is 241. The summed E-state index contributed by atoms with van der Waals surface area (Å²) < 4.78 is 0. The van der Waals surface area contributed by atoms with Crippen LogP contribution in [0.3, 0.4) is 0 Å². The molecule has 2 aliphatic carbocycles. The minimum atomic E-state index is 1.08. The van der Waals surface area contributed by atoms with Gasteiger partial charge in [0.05, 0.1) is 0 Å². The highest BCUT2D eigenvalue weighted by molar-refractivity contribution is 4.78. The minimum Gasteiger partial charge on any atom is -0.0654 e. The Morgan fingerprint density at radius 2 is 1.00 bits per heavy atom. The molecule has 2 saturated carbocycles. The second-order valence-electron chi connectivity index (χ2n) is 8.29. The van der Waals surface area contributed by atoms with E-state index >= 15 is 0 Å². The van der Waals surface area contributed by atoms with Crippen molar-refractivity contribution in [1.82, 2.24) is 0 Å². The van der Waals surface area contributed by atoms with Gasteiger partial charge in [0.15, 0.2) is 0 Å². The monoisotopic (exact) mass is 292 g/mol. The molecular weight excluding hydrogens is 252 g/mol. The zero-order valence-corrected chi connectivity index (χ0v) is 14.9. The van der Waals surface area contributed by atoms with Gasteiger partial charge in [0.2, 0.25) is 0 Å². The van der Waals surface area contributed by atoms with Gasteiger partial charge in [-0.1, -0.05) is 104 Å². The molecule has 2 rings (SSSR count). The Morgan fingerprint density at radius 1 is 0.524 bits per heavy atom. The quantitative estimate of drug-likeness (QED) is 0.410. The van der Waals surface area contributed by atoms with E-state index < -0.39 is 0 Å². The summed E-state index contributed by atoms with van der Waals surface area (Å²) in [6.45, 7) is 4.68. The van der Waals surface area contributed by atoms with Crippen molar-refractivity contribution >= 4 is 0 Å². The maximum Gasteiger partial charge on any atom is -0.0411 e. The Morgan fingerprint density at radius 3 is 1.48 bits per heavy atom. The SMILES string of the molecule is CCCCCC1CCC(C[C@H]2CC[C@H](CCC)CC2)CC1. The molecule has 0 aliphatic heterocycles. The number of rotatable bonds is 8. The van der Waals surface area contributed by atoms with Gasteiger partial charge in [0, 0.05) is 0 Å². The zero-order chi connectivity index (χ0) is 14.9. The van der Waals surface area contributed by atoms with Crippen LogP contribution in [0.1, 0.15) is 110 Å². The van der Waals surface area contributed by atoms with Crippen LogP contribution in [0.25, 0.3) is 0 Å². The van der Waals surface area contributed by atoms with Crippen LogP contribution in [-0.4, -0.2) is 0 Å². The smallest absolute Gasteiger partial charge is 0.0411 e. The summed E-state index contributed by atoms with van der Waals surface area (Å²) >= 11 is 0. The molecule has 21 heavy (non-hydrogen) atoms. The highest BCUT2D eigenvalue weighted by Gasteiger charge is 2.26. The molecule has 0 unspecified atom stereocenters. The molecule has 0 bridgehead atoms. The van der Waals surface area contributed by atoms with Crippen LogP contribution in [0.15, 0.2) is 0 Å². The van der Waals surface area contributed by atoms with Crippen molar-refractivity contribution in [2.75, 3.05) is 0 Å². The lowest BCUT2D eigenvalue weighted by atomic mass is 9.72. The fourth-order valence-corrected chi connectivity index (χ4v) is 5.07. The zero-order valence-electron chi connectivity index (χ0n) is 14.9. The number of unbranched alkanes of at least 4 members (excludes halogenated alkanes) is 2. The Labute approximate surface area is 134 Å². The van der Waals surface area contributed by atoms with E-state index in [2.05, 4.69) is 13.8 Å². The van der Waals surface area contributed by atoms with Crippen molar-refractivity contribution in [1.29, 1.82) is 0 Å². The van der Waals surface area contributed by atoms with Gasteiger partial charge in [-0.25, -0.2) is 0 Å². The molecule has 2 fully saturated rings. The molecule has 0 aromatic rings. The van der Waals surface area contributed by atoms with Gasteiger partial charge in [-0.2, -0.15) is 0 Å². The van der Waals surface area contributed by atoms with Crippen molar-refractivity contribution < 1.29 is 0 Å². The Hall–Kier alpha value is 0. The molecular formula is C21H40. The first-order valence-corrected chi connectivity index (χ1v) is 10.3. The lowest BCUT2D eigenvalue weighted by Gasteiger charge is -2.34. The van der Waals surface area contributed by atoms with E-state index in [4.69, 9.17) is 0 Å². The molecule has 0 aromatic carbocycles. The van der Waals surface area contributed by atoms with Crippen LogP contribution in [0.4, 0.5) is 0 Å². The lowest BCUT2D eigenvalue weighted by Crippen LogP contribution is -2.21. The Kier molecular flexibility index (Phi) is 8.19. The Balaban J connectivity index is 1.57. The van der Waals surface area contributed by atoms with Gasteiger partial charge in [-0.05, 0) is 30.1 Å². The van der Waals surface area contributed by atoms with E-state index in [1.165, 1.54) is 38.5 Å². The largest absolute Gasteiger partial charge is 0.0654 e. The van der Waals surface area contributed by atoms with Crippen molar-refractivity contribution in [3.8, 4) is 0 Å². The summed E-state index contributed by atoms with van der Waals surface area (Å²) in [5.74, 6) is 4.37. The van der Waals surface area contributed by atoms with Crippen LogP contribution < -0.4 is 0 Å². The molecule has 0 nitrogen and oxygen atoms in total. The van der Waals surface area contributed by atoms with Crippen LogP contribution >= 0.6 is 0 Å². The van der Waals surface area contributed by atoms with Gasteiger partial charge in [-0.15, -0.1) is 0 Å². The van der Waals surface area contributed by atoms with Gasteiger partial charge in [0.1, 0.15) is 0 Å². The molecule has 0 atom stereocenters. The van der Waals surface area contributed by atoms with Gasteiger partial charge in [-0.3, -0.25) is 0 Å². The van der Waals surface area contributed by atoms with E-state index in [0.717, 1.165) is 23.7 Å². The van der Waals surface area contributed by atoms with E-state index in [9.17, 15) is 0 Å². The predicted octanol–water partition coefficient (Wildman–Crippen LogP) is 7.37. The van der Waals surface area contributed by atoms with Crippen LogP contribution in [0.5, 0.6) is 0 Å². The summed E-state index contributed by atoms with van der Waals surface area (Å²) in [4.78, 5) is 0. The highest BCUT2D eigenvalue weighted by atomic mass is 14.3. The molecule has 0 radical (unpaired) electrons. The second-order valence-corrected chi connectivity index (χ2v) is 8.29. The summed E-state index contributed by atoms with van der Waals surface area (Å²) in [6.07, 6.45) is 22.8. The molecule has 0 heterocycles. The van der Waals surface area contributed by atoms with Crippen molar-refractivity contribution in [2.24, 2.45) is 23.7 Å². The number of hydrogen-bond acceptors (Lipinski definition) is 0. The average molecular weight is 293 g/mol. The summed E-state index contributed by atoms with van der Waals surface area (Å²) in [5.41, 5.74) is 0. The summed E-state index contributed by atoms with van der Waals surface area (Å²) in [5, 5.41) is 0. The van der Waals surface area contributed by atoms with E-state index in [0.29, 0.717) is 0 Å². The summed E-state index contributed by atoms with van der Waals surface area (Å²) in [6, 6.07) is 0. The fraction of sp³-hybridized carbons (Fsp3) is 1.00. The van der Waals surface area contributed by atoms with Crippen LogP contribution in [-0.2, 0) is 0 Å². The van der Waals surface area contributed by atoms with Gasteiger partial charge in [0.25, 0.3) is 0 Å². The van der Waals surface area contributed by atoms with Gasteiger partial charge >= 0.3 is 0 Å². The van der Waals surface area contributed by atoms with Crippen molar-refractivity contribution in [2.45, 2.75) is 110 Å². The maximum atomic E-state index is 2.35. The van der Waals surface area contributed by atoms with E-state index in [-0.39, 0.29) is 0 Å². The first kappa shape index (κ1) is 17.4. The minimum absolute atomic E-state index is 1.08. The first-order valence-electron chi connectivity index (χ1n) is 10.3. The summed E-state index contributed by atoms with van der Waals surface area (Å²) in [7, 11) is 0. The maximum absolute atomic E-state index is 2.35. The lowest BCUT2D eigenvalue weighted by molar-refractivity contribution is 0.183. The molecule has 0 saturated heterocycles. The standard InChI is InChI=1S/C21H40/c1-3-5-6-8-19-11-15-21(16-12-19)17-20-13-9-18(7-4-2)10-14-20/h18-21H,3-17H2,1-2H3/t18-,19?,20-,21?. The molecule has 0 aromatic heterocycles. The molecule has 124 valence electrons. The van der Waals surface area contributed by atoms with Crippen molar-refractivity contribution in [3.63, 3.8) is 0 Å². The van der Waals surface area contributed by atoms with Gasteiger partial charge < -0.3 is 0 Å².